The average molecular weight is 261 g/mol. The van der Waals surface area contributed by atoms with Crippen LogP contribution < -0.4 is 16.0 Å². The van der Waals surface area contributed by atoms with E-state index in [4.69, 9.17) is 4.74 Å². The SMILES string of the molecule is CC.CNCCNCCCNC(=O)OC(C)(C)C. The number of nitrogens with one attached hydrogen (secondary N) is 3. The Morgan fingerprint density at radius 3 is 2.17 bits per heavy atom. The highest BCUT2D eigenvalue weighted by Crippen LogP contribution is 2.06. The second kappa shape index (κ2) is 12.6. The maximum absolute atomic E-state index is 11.2. The van der Waals surface area contributed by atoms with Crippen molar-refractivity contribution in [2.24, 2.45) is 0 Å². The monoisotopic (exact) mass is 261 g/mol. The second-order valence-corrected chi connectivity index (χ2v) is 4.64. The van der Waals surface area contributed by atoms with Gasteiger partial charge in [-0.15, -0.1) is 0 Å². The number of rotatable bonds is 7. The Balaban J connectivity index is 0. The maximum Gasteiger partial charge on any atom is 0.407 e. The first-order valence-electron chi connectivity index (χ1n) is 6.78. The van der Waals surface area contributed by atoms with Crippen LogP contribution in [0.3, 0.4) is 0 Å². The summed E-state index contributed by atoms with van der Waals surface area (Å²) in [6, 6.07) is 0. The van der Waals surface area contributed by atoms with Crippen molar-refractivity contribution in [1.82, 2.24) is 16.0 Å². The molecule has 5 heteroatoms. The molecule has 0 aromatic heterocycles. The normalized spacial score (nSPS) is 10.3. The second-order valence-electron chi connectivity index (χ2n) is 4.64. The van der Waals surface area contributed by atoms with Crippen LogP contribution >= 0.6 is 0 Å². The third kappa shape index (κ3) is 17.6. The number of amides is 1. The summed E-state index contributed by atoms with van der Waals surface area (Å²) in [5.74, 6) is 0. The topological polar surface area (TPSA) is 62.4 Å². The molecule has 0 fully saturated rings. The van der Waals surface area contributed by atoms with Crippen LogP contribution in [0.1, 0.15) is 41.0 Å². The van der Waals surface area contributed by atoms with Gasteiger partial charge in [0, 0.05) is 19.6 Å². The lowest BCUT2D eigenvalue weighted by atomic mass is 10.2. The molecule has 18 heavy (non-hydrogen) atoms. The van der Waals surface area contributed by atoms with Gasteiger partial charge in [-0.1, -0.05) is 13.8 Å². The van der Waals surface area contributed by atoms with Crippen molar-refractivity contribution in [2.45, 2.75) is 46.6 Å². The number of hydrogen-bond acceptors (Lipinski definition) is 4. The largest absolute Gasteiger partial charge is 0.444 e. The van der Waals surface area contributed by atoms with Crippen LogP contribution in [-0.4, -0.2) is 44.9 Å². The van der Waals surface area contributed by atoms with Gasteiger partial charge in [-0.25, -0.2) is 4.79 Å². The minimum Gasteiger partial charge on any atom is -0.444 e. The molecule has 0 aliphatic carbocycles. The lowest BCUT2D eigenvalue weighted by Crippen LogP contribution is -2.34. The molecule has 0 atom stereocenters. The first kappa shape index (κ1) is 19.5. The Labute approximate surface area is 112 Å². The molecule has 0 aliphatic rings. The van der Waals surface area contributed by atoms with Gasteiger partial charge >= 0.3 is 6.09 Å². The number of hydrogen-bond donors (Lipinski definition) is 3. The van der Waals surface area contributed by atoms with Gasteiger partial charge in [-0.3, -0.25) is 0 Å². The fourth-order valence-electron chi connectivity index (χ4n) is 1.06. The first-order chi connectivity index (χ1) is 8.45. The van der Waals surface area contributed by atoms with Crippen molar-refractivity contribution in [1.29, 1.82) is 0 Å². The molecule has 0 aromatic rings. The Bertz CT molecular complexity index is 191. The smallest absolute Gasteiger partial charge is 0.407 e. The van der Waals surface area contributed by atoms with E-state index in [1.165, 1.54) is 0 Å². The van der Waals surface area contributed by atoms with E-state index in [0.29, 0.717) is 6.54 Å². The van der Waals surface area contributed by atoms with Gasteiger partial charge in [0.25, 0.3) is 0 Å². The van der Waals surface area contributed by atoms with E-state index in [-0.39, 0.29) is 6.09 Å². The van der Waals surface area contributed by atoms with Gasteiger partial charge in [-0.2, -0.15) is 0 Å². The molecule has 3 N–H and O–H groups in total. The van der Waals surface area contributed by atoms with Crippen LogP contribution in [0.2, 0.25) is 0 Å². The van der Waals surface area contributed by atoms with E-state index in [1.54, 1.807) is 0 Å². The fraction of sp³-hybridized carbons (Fsp3) is 0.923. The lowest BCUT2D eigenvalue weighted by Gasteiger charge is -2.19. The predicted molar refractivity (Wildman–Crippen MR) is 77.0 cm³/mol. The van der Waals surface area contributed by atoms with Gasteiger partial charge in [0.15, 0.2) is 0 Å². The van der Waals surface area contributed by atoms with Gasteiger partial charge < -0.3 is 20.7 Å². The zero-order chi connectivity index (χ0) is 14.4. The molecule has 5 nitrogen and oxygen atoms in total. The van der Waals surface area contributed by atoms with E-state index in [9.17, 15) is 4.79 Å². The molecular formula is C13H31N3O2. The summed E-state index contributed by atoms with van der Waals surface area (Å²) >= 11 is 0. The maximum atomic E-state index is 11.2. The molecule has 0 unspecified atom stereocenters. The number of likely N-dealkylation sites (N-methyl/N-ethyl adjacent to an activating group) is 1. The van der Waals surface area contributed by atoms with Crippen LogP contribution in [0.5, 0.6) is 0 Å². The Hall–Kier alpha value is -0.810. The van der Waals surface area contributed by atoms with E-state index < -0.39 is 5.60 Å². The summed E-state index contributed by atoms with van der Waals surface area (Å²) in [6.45, 7) is 13.0. The molecule has 0 radical (unpaired) electrons. The van der Waals surface area contributed by atoms with Crippen molar-refractivity contribution in [3.63, 3.8) is 0 Å². The predicted octanol–water partition coefficient (Wildman–Crippen LogP) is 1.74. The molecule has 0 bridgehead atoms. The highest BCUT2D eigenvalue weighted by Gasteiger charge is 2.15. The summed E-state index contributed by atoms with van der Waals surface area (Å²) in [5.41, 5.74) is -0.421. The summed E-state index contributed by atoms with van der Waals surface area (Å²) in [5, 5.41) is 9.02. The van der Waals surface area contributed by atoms with Crippen molar-refractivity contribution in [3.05, 3.63) is 0 Å². The molecule has 110 valence electrons. The van der Waals surface area contributed by atoms with Gasteiger partial charge in [0.2, 0.25) is 0 Å². The quantitative estimate of drug-likeness (QED) is 0.611. The minimum absolute atomic E-state index is 0.345. The Morgan fingerprint density at radius 1 is 1.06 bits per heavy atom. The third-order valence-electron chi connectivity index (χ3n) is 1.75. The Kier molecular flexibility index (Phi) is 13.7. The summed E-state index contributed by atoms with van der Waals surface area (Å²) < 4.78 is 5.10. The van der Waals surface area contributed by atoms with E-state index >= 15 is 0 Å². The molecule has 0 saturated carbocycles. The third-order valence-corrected chi connectivity index (χ3v) is 1.75. The Morgan fingerprint density at radius 2 is 1.67 bits per heavy atom. The molecule has 0 saturated heterocycles. The van der Waals surface area contributed by atoms with Crippen LogP contribution in [0.25, 0.3) is 0 Å². The van der Waals surface area contributed by atoms with Gasteiger partial charge in [-0.05, 0) is 40.8 Å². The highest BCUT2D eigenvalue weighted by molar-refractivity contribution is 5.67. The van der Waals surface area contributed by atoms with Crippen LogP contribution in [-0.2, 0) is 4.74 Å². The zero-order valence-corrected chi connectivity index (χ0v) is 12.9. The summed E-state index contributed by atoms with van der Waals surface area (Å²) in [4.78, 5) is 11.2. The standard InChI is InChI=1S/C11H25N3O2.C2H6/c1-11(2,3)16-10(15)14-7-5-6-13-9-8-12-4;1-2/h12-13H,5-9H2,1-4H3,(H,14,15);1-2H3. The molecule has 0 spiro atoms. The lowest BCUT2D eigenvalue weighted by molar-refractivity contribution is 0.0527. The van der Waals surface area contributed by atoms with Crippen LogP contribution in [0, 0.1) is 0 Å². The highest BCUT2D eigenvalue weighted by atomic mass is 16.6. The van der Waals surface area contributed by atoms with E-state index in [2.05, 4.69) is 16.0 Å². The number of alkyl carbamates (subject to hydrolysis) is 1. The number of carbonyl (C=O) groups excluding carboxylic acids is 1. The van der Waals surface area contributed by atoms with E-state index in [0.717, 1.165) is 26.1 Å². The molecule has 0 aromatic carbocycles. The van der Waals surface area contributed by atoms with Gasteiger partial charge in [0.05, 0.1) is 0 Å². The molecule has 0 heterocycles. The zero-order valence-electron chi connectivity index (χ0n) is 12.9. The van der Waals surface area contributed by atoms with Crippen molar-refractivity contribution in [3.8, 4) is 0 Å². The fourth-order valence-corrected chi connectivity index (χ4v) is 1.06. The summed E-state index contributed by atoms with van der Waals surface area (Å²) in [7, 11) is 1.92. The molecule has 0 rings (SSSR count). The van der Waals surface area contributed by atoms with Crippen molar-refractivity contribution < 1.29 is 9.53 Å². The first-order valence-corrected chi connectivity index (χ1v) is 6.78. The van der Waals surface area contributed by atoms with Crippen LogP contribution in [0.15, 0.2) is 0 Å². The average Bonchev–Trinajstić information content (AvgIpc) is 2.28. The molecular weight excluding hydrogens is 230 g/mol. The van der Waals surface area contributed by atoms with Crippen molar-refractivity contribution in [2.75, 3.05) is 33.2 Å². The molecule has 1 amide bonds. The minimum atomic E-state index is -0.421. The van der Waals surface area contributed by atoms with Crippen LogP contribution in [0.4, 0.5) is 4.79 Å². The van der Waals surface area contributed by atoms with E-state index in [1.807, 2.05) is 41.7 Å². The van der Waals surface area contributed by atoms with Gasteiger partial charge in [0.1, 0.15) is 5.60 Å². The molecule has 0 aliphatic heterocycles. The van der Waals surface area contributed by atoms with Crippen molar-refractivity contribution >= 4 is 6.09 Å². The number of ether oxygens (including phenoxy) is 1. The number of carbonyl (C=O) groups is 1. The summed E-state index contributed by atoms with van der Waals surface area (Å²) in [6.07, 6.45) is 0.561.